The molecule has 1 atom stereocenters. The summed E-state index contributed by atoms with van der Waals surface area (Å²) in [7, 11) is 3.42. The molecule has 1 aliphatic heterocycles. The minimum atomic E-state index is -0.835. The molecule has 1 aromatic rings. The zero-order chi connectivity index (χ0) is 14.0. The SMILES string of the molecule is CNC(CCc1ccc2c(c1)CC(=O)N2C)C(=O)O. The van der Waals surface area contributed by atoms with Gasteiger partial charge in [0.05, 0.1) is 6.42 Å². The van der Waals surface area contributed by atoms with Crippen LogP contribution < -0.4 is 10.2 Å². The van der Waals surface area contributed by atoms with E-state index in [1.165, 1.54) is 0 Å². The second-order valence-corrected chi connectivity index (χ2v) is 4.81. The van der Waals surface area contributed by atoms with Crippen LogP contribution in [0.15, 0.2) is 18.2 Å². The lowest BCUT2D eigenvalue weighted by molar-refractivity contribution is -0.139. The van der Waals surface area contributed by atoms with E-state index < -0.39 is 12.0 Å². The Morgan fingerprint density at radius 2 is 2.26 bits per heavy atom. The van der Waals surface area contributed by atoms with E-state index >= 15 is 0 Å². The maximum Gasteiger partial charge on any atom is 0.320 e. The van der Waals surface area contributed by atoms with E-state index in [0.717, 1.165) is 16.8 Å². The molecule has 5 heteroatoms. The van der Waals surface area contributed by atoms with Gasteiger partial charge in [0.1, 0.15) is 6.04 Å². The number of carboxylic acids is 1. The van der Waals surface area contributed by atoms with E-state index in [0.29, 0.717) is 19.3 Å². The number of anilines is 1. The molecule has 0 saturated carbocycles. The highest BCUT2D eigenvalue weighted by Crippen LogP contribution is 2.28. The Hall–Kier alpha value is -1.88. The van der Waals surface area contributed by atoms with Gasteiger partial charge in [-0.2, -0.15) is 0 Å². The first-order valence-corrected chi connectivity index (χ1v) is 6.31. The summed E-state index contributed by atoms with van der Waals surface area (Å²) >= 11 is 0. The summed E-state index contributed by atoms with van der Waals surface area (Å²) in [5, 5.41) is 11.7. The van der Waals surface area contributed by atoms with Gasteiger partial charge in [-0.3, -0.25) is 9.59 Å². The van der Waals surface area contributed by atoms with Crippen molar-refractivity contribution in [1.29, 1.82) is 0 Å². The van der Waals surface area contributed by atoms with Crippen molar-refractivity contribution in [2.24, 2.45) is 0 Å². The summed E-state index contributed by atoms with van der Waals surface area (Å²) < 4.78 is 0. The van der Waals surface area contributed by atoms with Gasteiger partial charge in [0, 0.05) is 12.7 Å². The standard InChI is InChI=1S/C14H18N2O3/c1-15-11(14(18)19)5-3-9-4-6-12-10(7-9)8-13(17)16(12)2/h4,6-7,11,15H,3,5,8H2,1-2H3,(H,18,19). The van der Waals surface area contributed by atoms with Gasteiger partial charge in [-0.15, -0.1) is 0 Å². The molecule has 0 aliphatic carbocycles. The molecule has 1 amide bonds. The highest BCUT2D eigenvalue weighted by atomic mass is 16.4. The Kier molecular flexibility index (Phi) is 3.85. The molecule has 0 spiro atoms. The Balaban J connectivity index is 2.06. The van der Waals surface area contributed by atoms with Crippen LogP contribution in [0.1, 0.15) is 17.5 Å². The fraction of sp³-hybridized carbons (Fsp3) is 0.429. The number of hydrogen-bond acceptors (Lipinski definition) is 3. The highest BCUT2D eigenvalue weighted by molar-refractivity contribution is 6.00. The topological polar surface area (TPSA) is 69.6 Å². The molecule has 1 heterocycles. The molecule has 102 valence electrons. The number of nitrogens with zero attached hydrogens (tertiary/aromatic N) is 1. The van der Waals surface area contributed by atoms with Gasteiger partial charge in [0.2, 0.25) is 5.91 Å². The van der Waals surface area contributed by atoms with Crippen molar-refractivity contribution < 1.29 is 14.7 Å². The van der Waals surface area contributed by atoms with Crippen molar-refractivity contribution in [3.63, 3.8) is 0 Å². The molecule has 1 unspecified atom stereocenters. The van der Waals surface area contributed by atoms with E-state index in [1.807, 2.05) is 18.2 Å². The van der Waals surface area contributed by atoms with Crippen LogP contribution in [0.2, 0.25) is 0 Å². The number of aliphatic carboxylic acids is 1. The van der Waals surface area contributed by atoms with Gasteiger partial charge in [-0.1, -0.05) is 12.1 Å². The van der Waals surface area contributed by atoms with Gasteiger partial charge in [0.25, 0.3) is 0 Å². The molecule has 0 bridgehead atoms. The minimum Gasteiger partial charge on any atom is -0.480 e. The number of carboxylic acid groups (broad SMARTS) is 1. The van der Waals surface area contributed by atoms with Crippen LogP contribution in [-0.4, -0.2) is 37.1 Å². The number of carbonyl (C=O) groups excluding carboxylic acids is 1. The van der Waals surface area contributed by atoms with E-state index in [1.54, 1.807) is 19.0 Å². The van der Waals surface area contributed by atoms with Gasteiger partial charge in [-0.05, 0) is 37.1 Å². The summed E-state index contributed by atoms with van der Waals surface area (Å²) in [4.78, 5) is 24.2. The molecule has 1 aliphatic rings. The average Bonchev–Trinajstić information content (AvgIpc) is 2.65. The summed E-state index contributed by atoms with van der Waals surface area (Å²) in [5.41, 5.74) is 3.06. The van der Waals surface area contributed by atoms with Crippen molar-refractivity contribution in [2.75, 3.05) is 19.0 Å². The van der Waals surface area contributed by atoms with Gasteiger partial charge < -0.3 is 15.3 Å². The van der Waals surface area contributed by atoms with Gasteiger partial charge in [-0.25, -0.2) is 0 Å². The molecule has 0 fully saturated rings. The van der Waals surface area contributed by atoms with E-state index in [9.17, 15) is 9.59 Å². The maximum atomic E-state index is 11.6. The first kappa shape index (κ1) is 13.5. The lowest BCUT2D eigenvalue weighted by atomic mass is 10.0. The quantitative estimate of drug-likeness (QED) is 0.824. The van der Waals surface area contributed by atoms with Crippen LogP contribution in [0.5, 0.6) is 0 Å². The van der Waals surface area contributed by atoms with Crippen LogP contribution >= 0.6 is 0 Å². The number of benzene rings is 1. The first-order chi connectivity index (χ1) is 9.02. The van der Waals surface area contributed by atoms with Crippen LogP contribution in [0.3, 0.4) is 0 Å². The number of amides is 1. The van der Waals surface area contributed by atoms with Crippen molar-refractivity contribution in [3.05, 3.63) is 29.3 Å². The Morgan fingerprint density at radius 3 is 2.89 bits per heavy atom. The van der Waals surface area contributed by atoms with Crippen LogP contribution in [0, 0.1) is 0 Å². The number of rotatable bonds is 5. The molecule has 19 heavy (non-hydrogen) atoms. The van der Waals surface area contributed by atoms with E-state index in [4.69, 9.17) is 5.11 Å². The number of aryl methyl sites for hydroxylation is 1. The maximum absolute atomic E-state index is 11.6. The largest absolute Gasteiger partial charge is 0.480 e. The molecular formula is C14H18N2O3. The highest BCUT2D eigenvalue weighted by Gasteiger charge is 2.24. The minimum absolute atomic E-state index is 0.103. The monoisotopic (exact) mass is 262 g/mol. The molecule has 5 nitrogen and oxygen atoms in total. The fourth-order valence-corrected chi connectivity index (χ4v) is 2.38. The van der Waals surface area contributed by atoms with Crippen LogP contribution in [0.25, 0.3) is 0 Å². The third kappa shape index (κ3) is 2.76. The van der Waals surface area contributed by atoms with Gasteiger partial charge >= 0.3 is 5.97 Å². The number of nitrogens with one attached hydrogen (secondary N) is 1. The zero-order valence-corrected chi connectivity index (χ0v) is 11.1. The molecule has 0 saturated heterocycles. The van der Waals surface area contributed by atoms with Crippen molar-refractivity contribution in [2.45, 2.75) is 25.3 Å². The molecule has 2 N–H and O–H groups in total. The number of carbonyl (C=O) groups is 2. The number of likely N-dealkylation sites (N-methyl/N-ethyl adjacent to an activating group) is 2. The summed E-state index contributed by atoms with van der Waals surface area (Å²) in [5.74, 6) is -0.732. The summed E-state index contributed by atoms with van der Waals surface area (Å²) in [6.07, 6.45) is 1.66. The fourth-order valence-electron chi connectivity index (χ4n) is 2.38. The molecule has 1 aromatic carbocycles. The van der Waals surface area contributed by atoms with Gasteiger partial charge in [0.15, 0.2) is 0 Å². The predicted molar refractivity (Wildman–Crippen MR) is 72.4 cm³/mol. The van der Waals surface area contributed by atoms with Crippen molar-refractivity contribution >= 4 is 17.6 Å². The average molecular weight is 262 g/mol. The zero-order valence-electron chi connectivity index (χ0n) is 11.1. The molecular weight excluding hydrogens is 244 g/mol. The normalized spacial score (nSPS) is 15.5. The third-order valence-electron chi connectivity index (χ3n) is 3.59. The molecule has 0 aromatic heterocycles. The first-order valence-electron chi connectivity index (χ1n) is 6.31. The molecule has 2 rings (SSSR count). The molecule has 0 radical (unpaired) electrons. The summed E-state index contributed by atoms with van der Waals surface area (Å²) in [6.45, 7) is 0. The smallest absolute Gasteiger partial charge is 0.320 e. The number of fused-ring (bicyclic) bond motifs is 1. The van der Waals surface area contributed by atoms with Crippen molar-refractivity contribution in [3.8, 4) is 0 Å². The Morgan fingerprint density at radius 1 is 1.53 bits per heavy atom. The van der Waals surface area contributed by atoms with Crippen LogP contribution in [0.4, 0.5) is 5.69 Å². The van der Waals surface area contributed by atoms with Crippen LogP contribution in [-0.2, 0) is 22.4 Å². The van der Waals surface area contributed by atoms with E-state index in [-0.39, 0.29) is 5.91 Å². The number of hydrogen-bond donors (Lipinski definition) is 2. The lowest BCUT2D eigenvalue weighted by Crippen LogP contribution is -2.34. The van der Waals surface area contributed by atoms with Crippen molar-refractivity contribution in [1.82, 2.24) is 5.32 Å². The Labute approximate surface area is 112 Å². The predicted octanol–water partition coefficient (Wildman–Crippen LogP) is 0.811. The second kappa shape index (κ2) is 5.40. The summed E-state index contributed by atoms with van der Waals surface area (Å²) in [6, 6.07) is 5.37. The second-order valence-electron chi connectivity index (χ2n) is 4.81. The van der Waals surface area contributed by atoms with E-state index in [2.05, 4.69) is 5.32 Å². The lowest BCUT2D eigenvalue weighted by Gasteiger charge is -2.12. The third-order valence-corrected chi connectivity index (χ3v) is 3.59. The Bertz CT molecular complexity index is 513.